The average Bonchev–Trinajstić information content (AvgIpc) is 2.77. The predicted molar refractivity (Wildman–Crippen MR) is 71.9 cm³/mol. The standard InChI is InChI=1S/C13H15ClN4/c1-2-13-3-8(13)5-18(6-13)12-10-9(14)4-15-11(10)16-7-17-12/h4,7-8H,2-3,5-6H2,1H3,(H,15,16,17). The Morgan fingerprint density at radius 3 is 3.22 bits per heavy atom. The summed E-state index contributed by atoms with van der Waals surface area (Å²) in [6.45, 7) is 4.52. The van der Waals surface area contributed by atoms with Gasteiger partial charge in [-0.3, -0.25) is 0 Å². The first kappa shape index (κ1) is 10.6. The van der Waals surface area contributed by atoms with Crippen molar-refractivity contribution in [1.82, 2.24) is 15.0 Å². The van der Waals surface area contributed by atoms with Crippen LogP contribution in [-0.2, 0) is 0 Å². The van der Waals surface area contributed by atoms with E-state index in [1.54, 1.807) is 12.5 Å². The first-order chi connectivity index (χ1) is 8.73. The number of H-pyrrole nitrogens is 1. The number of aromatic nitrogens is 3. The highest BCUT2D eigenvalue weighted by molar-refractivity contribution is 6.36. The number of nitrogens with zero attached hydrogens (tertiary/aromatic N) is 3. The lowest BCUT2D eigenvalue weighted by Gasteiger charge is -2.22. The molecule has 4 rings (SSSR count). The van der Waals surface area contributed by atoms with E-state index in [9.17, 15) is 0 Å². The highest BCUT2D eigenvalue weighted by Crippen LogP contribution is 2.60. The Labute approximate surface area is 110 Å². The maximum absolute atomic E-state index is 6.23. The summed E-state index contributed by atoms with van der Waals surface area (Å²) in [4.78, 5) is 14.1. The van der Waals surface area contributed by atoms with Gasteiger partial charge in [-0.2, -0.15) is 0 Å². The van der Waals surface area contributed by atoms with Crippen molar-refractivity contribution in [3.05, 3.63) is 17.5 Å². The molecule has 0 aromatic carbocycles. The summed E-state index contributed by atoms with van der Waals surface area (Å²) in [5, 5.41) is 1.68. The summed E-state index contributed by atoms with van der Waals surface area (Å²) in [6, 6.07) is 0. The molecule has 4 nitrogen and oxygen atoms in total. The van der Waals surface area contributed by atoms with E-state index in [0.29, 0.717) is 10.4 Å². The molecule has 5 heteroatoms. The zero-order chi connectivity index (χ0) is 12.3. The van der Waals surface area contributed by atoms with E-state index in [1.807, 2.05) is 0 Å². The van der Waals surface area contributed by atoms with E-state index in [-0.39, 0.29) is 0 Å². The molecular weight excluding hydrogens is 248 g/mol. The SMILES string of the molecule is CCC12CC1CN(c1ncnc3[nH]cc(Cl)c13)C2. The van der Waals surface area contributed by atoms with Crippen LogP contribution in [0.4, 0.5) is 5.82 Å². The Morgan fingerprint density at radius 1 is 1.56 bits per heavy atom. The molecule has 94 valence electrons. The van der Waals surface area contributed by atoms with Gasteiger partial charge in [-0.1, -0.05) is 18.5 Å². The van der Waals surface area contributed by atoms with Crippen LogP contribution in [0.1, 0.15) is 19.8 Å². The summed E-state index contributed by atoms with van der Waals surface area (Å²) in [5.41, 5.74) is 1.39. The molecule has 1 saturated carbocycles. The van der Waals surface area contributed by atoms with Gasteiger partial charge in [0.1, 0.15) is 17.8 Å². The first-order valence-corrected chi connectivity index (χ1v) is 6.84. The van der Waals surface area contributed by atoms with E-state index in [1.165, 1.54) is 12.8 Å². The Morgan fingerprint density at radius 2 is 2.44 bits per heavy atom. The molecule has 3 heterocycles. The molecule has 2 aliphatic rings. The summed E-state index contributed by atoms with van der Waals surface area (Å²) in [6.07, 6.45) is 6.06. The third-order valence-corrected chi connectivity index (χ3v) is 5.01. The van der Waals surface area contributed by atoms with Crippen LogP contribution in [0.25, 0.3) is 11.0 Å². The fourth-order valence-electron chi connectivity index (χ4n) is 3.45. The monoisotopic (exact) mass is 262 g/mol. The highest BCUT2D eigenvalue weighted by Gasteiger charge is 2.58. The Hall–Kier alpha value is -1.29. The summed E-state index contributed by atoms with van der Waals surface area (Å²) in [5.74, 6) is 1.84. The van der Waals surface area contributed by atoms with Crippen molar-refractivity contribution >= 4 is 28.5 Å². The van der Waals surface area contributed by atoms with Crippen LogP contribution in [0.3, 0.4) is 0 Å². The van der Waals surface area contributed by atoms with Gasteiger partial charge in [0.25, 0.3) is 0 Å². The van der Waals surface area contributed by atoms with Gasteiger partial charge in [0, 0.05) is 19.3 Å². The molecule has 0 bridgehead atoms. The fourth-order valence-corrected chi connectivity index (χ4v) is 3.68. The van der Waals surface area contributed by atoms with Crippen molar-refractivity contribution in [2.24, 2.45) is 11.3 Å². The van der Waals surface area contributed by atoms with E-state index in [2.05, 4.69) is 26.8 Å². The van der Waals surface area contributed by atoms with Crippen LogP contribution in [0.5, 0.6) is 0 Å². The van der Waals surface area contributed by atoms with E-state index < -0.39 is 0 Å². The molecule has 2 fully saturated rings. The zero-order valence-electron chi connectivity index (χ0n) is 10.3. The van der Waals surface area contributed by atoms with Gasteiger partial charge in [-0.15, -0.1) is 0 Å². The van der Waals surface area contributed by atoms with Crippen LogP contribution in [0, 0.1) is 11.3 Å². The van der Waals surface area contributed by atoms with Crippen LogP contribution < -0.4 is 4.90 Å². The van der Waals surface area contributed by atoms with Gasteiger partial charge in [-0.05, 0) is 24.2 Å². The topological polar surface area (TPSA) is 44.8 Å². The molecule has 1 N–H and O–H groups in total. The van der Waals surface area contributed by atoms with Crippen LogP contribution in [0.2, 0.25) is 5.02 Å². The number of piperidine rings is 1. The lowest BCUT2D eigenvalue weighted by molar-refractivity contribution is 0.509. The molecular formula is C13H15ClN4. The molecule has 1 saturated heterocycles. The minimum atomic E-state index is 0.556. The number of hydrogen-bond acceptors (Lipinski definition) is 3. The number of anilines is 1. The lowest BCUT2D eigenvalue weighted by Crippen LogP contribution is -2.25. The van der Waals surface area contributed by atoms with Gasteiger partial charge >= 0.3 is 0 Å². The zero-order valence-corrected chi connectivity index (χ0v) is 11.0. The molecule has 0 spiro atoms. The fraction of sp³-hybridized carbons (Fsp3) is 0.538. The minimum absolute atomic E-state index is 0.556. The number of fused-ring (bicyclic) bond motifs is 2. The Bertz CT molecular complexity index is 618. The van der Waals surface area contributed by atoms with E-state index in [4.69, 9.17) is 11.6 Å². The van der Waals surface area contributed by atoms with Crippen molar-refractivity contribution in [3.63, 3.8) is 0 Å². The van der Waals surface area contributed by atoms with E-state index in [0.717, 1.165) is 35.9 Å². The number of hydrogen-bond donors (Lipinski definition) is 1. The molecule has 18 heavy (non-hydrogen) atoms. The highest BCUT2D eigenvalue weighted by atomic mass is 35.5. The van der Waals surface area contributed by atoms with Crippen LogP contribution >= 0.6 is 11.6 Å². The molecule has 0 amide bonds. The number of nitrogens with one attached hydrogen (secondary N) is 1. The molecule has 1 aliphatic heterocycles. The second-order valence-corrected chi connectivity index (χ2v) is 5.96. The average molecular weight is 263 g/mol. The predicted octanol–water partition coefficient (Wildman–Crippen LogP) is 2.85. The second kappa shape index (κ2) is 3.38. The van der Waals surface area contributed by atoms with Gasteiger partial charge in [0.15, 0.2) is 0 Å². The first-order valence-electron chi connectivity index (χ1n) is 6.46. The maximum Gasteiger partial charge on any atom is 0.144 e. The third kappa shape index (κ3) is 1.27. The number of rotatable bonds is 2. The van der Waals surface area contributed by atoms with Gasteiger partial charge in [0.05, 0.1) is 10.4 Å². The van der Waals surface area contributed by atoms with Crippen molar-refractivity contribution in [1.29, 1.82) is 0 Å². The van der Waals surface area contributed by atoms with Crippen molar-refractivity contribution in [2.45, 2.75) is 19.8 Å². The minimum Gasteiger partial charge on any atom is -0.355 e. The van der Waals surface area contributed by atoms with Gasteiger partial charge in [0.2, 0.25) is 0 Å². The lowest BCUT2D eigenvalue weighted by atomic mass is 10.0. The van der Waals surface area contributed by atoms with Crippen LogP contribution in [0.15, 0.2) is 12.5 Å². The Balaban J connectivity index is 1.78. The van der Waals surface area contributed by atoms with E-state index >= 15 is 0 Å². The molecule has 2 atom stereocenters. The third-order valence-electron chi connectivity index (χ3n) is 4.71. The van der Waals surface area contributed by atoms with Gasteiger partial charge < -0.3 is 9.88 Å². The van der Waals surface area contributed by atoms with Crippen LogP contribution in [-0.4, -0.2) is 28.0 Å². The Kier molecular flexibility index (Phi) is 1.99. The van der Waals surface area contributed by atoms with Gasteiger partial charge in [-0.25, -0.2) is 9.97 Å². The van der Waals surface area contributed by atoms with Crippen molar-refractivity contribution in [2.75, 3.05) is 18.0 Å². The number of aromatic amines is 1. The normalized spacial score (nSPS) is 29.9. The summed E-state index contributed by atoms with van der Waals surface area (Å²) >= 11 is 6.23. The maximum atomic E-state index is 6.23. The van der Waals surface area contributed by atoms with Crippen molar-refractivity contribution < 1.29 is 0 Å². The summed E-state index contributed by atoms with van der Waals surface area (Å²) in [7, 11) is 0. The molecule has 2 aromatic rings. The molecule has 1 aliphatic carbocycles. The number of halogens is 1. The molecule has 0 radical (unpaired) electrons. The second-order valence-electron chi connectivity index (χ2n) is 5.55. The molecule has 2 unspecified atom stereocenters. The van der Waals surface area contributed by atoms with Crippen molar-refractivity contribution in [3.8, 4) is 0 Å². The largest absolute Gasteiger partial charge is 0.355 e. The summed E-state index contributed by atoms with van der Waals surface area (Å²) < 4.78 is 0. The smallest absolute Gasteiger partial charge is 0.144 e. The molecule has 2 aromatic heterocycles. The quantitative estimate of drug-likeness (QED) is 0.905.